The lowest BCUT2D eigenvalue weighted by Gasteiger charge is -2.36. The van der Waals surface area contributed by atoms with Crippen molar-refractivity contribution < 1.29 is 8.95 Å². The summed E-state index contributed by atoms with van der Waals surface area (Å²) in [5.41, 5.74) is 1.27. The third-order valence-electron chi connectivity index (χ3n) is 4.28. The summed E-state index contributed by atoms with van der Waals surface area (Å²) < 4.78 is 20.3. The van der Waals surface area contributed by atoms with Crippen molar-refractivity contribution in [3.05, 3.63) is 29.8 Å². The fourth-order valence-electron chi connectivity index (χ4n) is 2.68. The molecule has 5 heteroatoms. The highest BCUT2D eigenvalue weighted by Gasteiger charge is 2.23. The standard InChI is InChI=1S/C17H28N2O2S/c1-15(2)16-5-7-17(8-6-16)22(4,20)19-11-9-18(10-12-19)13-14-21-3/h5-8,15H,4,9-14H2,1-3H3. The van der Waals surface area contributed by atoms with Crippen LogP contribution in [0.15, 0.2) is 29.2 Å². The van der Waals surface area contributed by atoms with Gasteiger partial charge in [-0.3, -0.25) is 4.90 Å². The highest BCUT2D eigenvalue weighted by Crippen LogP contribution is 2.21. The highest BCUT2D eigenvalue weighted by molar-refractivity contribution is 7.98. The summed E-state index contributed by atoms with van der Waals surface area (Å²) in [5.74, 6) is 4.52. The van der Waals surface area contributed by atoms with E-state index in [2.05, 4.69) is 36.8 Å². The molecule has 1 fully saturated rings. The largest absolute Gasteiger partial charge is 0.383 e. The van der Waals surface area contributed by atoms with Crippen LogP contribution < -0.4 is 0 Å². The molecule has 1 aromatic rings. The molecule has 1 unspecified atom stereocenters. The Labute approximate surface area is 135 Å². The Bertz CT molecular complexity index is 559. The molecule has 0 aliphatic carbocycles. The molecule has 22 heavy (non-hydrogen) atoms. The van der Waals surface area contributed by atoms with E-state index in [1.165, 1.54) is 5.56 Å². The zero-order chi connectivity index (χ0) is 16.2. The molecule has 1 heterocycles. The molecule has 0 N–H and O–H groups in total. The molecule has 124 valence electrons. The van der Waals surface area contributed by atoms with Gasteiger partial charge in [0.1, 0.15) is 0 Å². The van der Waals surface area contributed by atoms with Gasteiger partial charge in [-0.15, -0.1) is 0 Å². The summed E-state index contributed by atoms with van der Waals surface area (Å²) in [6.07, 6.45) is 0. The number of hydrogen-bond acceptors (Lipinski definition) is 3. The first-order valence-corrected chi connectivity index (χ1v) is 9.57. The molecule has 4 nitrogen and oxygen atoms in total. The molecular weight excluding hydrogens is 296 g/mol. The third-order valence-corrected chi connectivity index (χ3v) is 6.48. The first kappa shape index (κ1) is 17.5. The van der Waals surface area contributed by atoms with E-state index in [4.69, 9.17) is 4.74 Å². The quantitative estimate of drug-likeness (QED) is 0.751. The maximum atomic E-state index is 13.1. The summed E-state index contributed by atoms with van der Waals surface area (Å²) in [7, 11) is -0.651. The number of methoxy groups -OCH3 is 1. The van der Waals surface area contributed by atoms with Gasteiger partial charge in [-0.05, 0) is 29.5 Å². The molecule has 1 saturated heterocycles. The Morgan fingerprint density at radius 3 is 2.27 bits per heavy atom. The summed E-state index contributed by atoms with van der Waals surface area (Å²) in [6, 6.07) is 8.09. The predicted molar refractivity (Wildman–Crippen MR) is 93.9 cm³/mol. The number of rotatable bonds is 6. The van der Waals surface area contributed by atoms with E-state index in [1.807, 2.05) is 16.4 Å². The summed E-state index contributed by atoms with van der Waals surface area (Å²) >= 11 is 0. The number of hydrogen-bond donors (Lipinski definition) is 0. The monoisotopic (exact) mass is 324 g/mol. The molecule has 0 radical (unpaired) electrons. The van der Waals surface area contributed by atoms with Crippen molar-refractivity contribution in [3.8, 4) is 0 Å². The number of nitrogens with zero attached hydrogens (tertiary/aromatic N) is 2. The van der Waals surface area contributed by atoms with Crippen molar-refractivity contribution in [2.45, 2.75) is 24.7 Å². The summed E-state index contributed by atoms with van der Waals surface area (Å²) in [4.78, 5) is 3.18. The minimum atomic E-state index is -2.37. The van der Waals surface area contributed by atoms with E-state index in [9.17, 15) is 4.21 Å². The SMILES string of the molecule is C=S(=O)(c1ccc(C(C)C)cc1)N1CCN(CCOC)CC1. The van der Waals surface area contributed by atoms with Crippen LogP contribution in [0.5, 0.6) is 0 Å². The van der Waals surface area contributed by atoms with Crippen LogP contribution in [-0.2, 0) is 14.4 Å². The van der Waals surface area contributed by atoms with Crippen LogP contribution in [-0.4, -0.2) is 65.7 Å². The third kappa shape index (κ3) is 4.10. The Hall–Kier alpha value is -0.880. The predicted octanol–water partition coefficient (Wildman–Crippen LogP) is 2.06. The van der Waals surface area contributed by atoms with Crippen molar-refractivity contribution in [2.75, 3.05) is 46.4 Å². The molecule has 1 aliphatic rings. The first-order chi connectivity index (χ1) is 10.4. The van der Waals surface area contributed by atoms with Crippen LogP contribution in [0.2, 0.25) is 0 Å². The van der Waals surface area contributed by atoms with Crippen molar-refractivity contribution in [1.29, 1.82) is 0 Å². The van der Waals surface area contributed by atoms with Crippen LogP contribution in [0.25, 0.3) is 0 Å². The average molecular weight is 324 g/mol. The molecule has 0 bridgehead atoms. The van der Waals surface area contributed by atoms with Crippen molar-refractivity contribution >= 4 is 15.6 Å². The Morgan fingerprint density at radius 1 is 1.18 bits per heavy atom. The number of ether oxygens (including phenoxy) is 1. The van der Waals surface area contributed by atoms with Crippen molar-refractivity contribution in [1.82, 2.24) is 9.21 Å². The molecule has 0 aromatic heterocycles. The van der Waals surface area contributed by atoms with Gasteiger partial charge in [0.05, 0.1) is 16.3 Å². The van der Waals surface area contributed by atoms with Gasteiger partial charge in [-0.1, -0.05) is 26.0 Å². The maximum Gasteiger partial charge on any atom is 0.0589 e. The molecule has 1 aliphatic heterocycles. The fraction of sp³-hybridized carbons (Fsp3) is 0.588. The van der Waals surface area contributed by atoms with E-state index < -0.39 is 9.71 Å². The Morgan fingerprint density at radius 2 is 1.77 bits per heavy atom. The van der Waals surface area contributed by atoms with E-state index in [0.29, 0.717) is 5.92 Å². The molecule has 2 rings (SSSR count). The van der Waals surface area contributed by atoms with Gasteiger partial charge in [-0.2, -0.15) is 0 Å². The first-order valence-electron chi connectivity index (χ1n) is 7.88. The maximum absolute atomic E-state index is 13.1. The number of piperazine rings is 1. The zero-order valence-corrected chi connectivity index (χ0v) is 14.8. The summed E-state index contributed by atoms with van der Waals surface area (Å²) in [5, 5.41) is 0. The topological polar surface area (TPSA) is 32.8 Å². The molecule has 0 amide bonds. The second-order valence-electron chi connectivity index (χ2n) is 6.13. The average Bonchev–Trinajstić information content (AvgIpc) is 2.53. The van der Waals surface area contributed by atoms with Crippen LogP contribution >= 0.6 is 0 Å². The molecule has 0 saturated carbocycles. The van der Waals surface area contributed by atoms with Gasteiger partial charge in [0.25, 0.3) is 0 Å². The van der Waals surface area contributed by atoms with Crippen LogP contribution in [0.1, 0.15) is 25.3 Å². The van der Waals surface area contributed by atoms with Crippen LogP contribution in [0, 0.1) is 0 Å². The van der Waals surface area contributed by atoms with Gasteiger partial charge >= 0.3 is 0 Å². The normalized spacial score (nSPS) is 20.2. The Balaban J connectivity index is 2.02. The van der Waals surface area contributed by atoms with Gasteiger partial charge < -0.3 is 4.74 Å². The lowest BCUT2D eigenvalue weighted by molar-refractivity contribution is 0.124. The fourth-order valence-corrected chi connectivity index (χ4v) is 4.30. The zero-order valence-electron chi connectivity index (χ0n) is 14.0. The van der Waals surface area contributed by atoms with Crippen LogP contribution in [0.4, 0.5) is 0 Å². The van der Waals surface area contributed by atoms with Crippen molar-refractivity contribution in [2.24, 2.45) is 0 Å². The molecule has 0 spiro atoms. The Kier molecular flexibility index (Phi) is 6.03. The minimum Gasteiger partial charge on any atom is -0.383 e. The van der Waals surface area contributed by atoms with Gasteiger partial charge in [-0.25, -0.2) is 8.51 Å². The second kappa shape index (κ2) is 7.59. The van der Waals surface area contributed by atoms with E-state index >= 15 is 0 Å². The lowest BCUT2D eigenvalue weighted by atomic mass is 10.0. The van der Waals surface area contributed by atoms with Gasteiger partial charge in [0, 0.05) is 44.7 Å². The van der Waals surface area contributed by atoms with E-state index in [0.717, 1.165) is 44.2 Å². The second-order valence-corrected chi connectivity index (χ2v) is 8.40. The smallest absolute Gasteiger partial charge is 0.0589 e. The van der Waals surface area contributed by atoms with E-state index in [1.54, 1.807) is 7.11 Å². The van der Waals surface area contributed by atoms with Gasteiger partial charge in [0.15, 0.2) is 0 Å². The lowest BCUT2D eigenvalue weighted by Crippen LogP contribution is -2.49. The molecule has 1 aromatic carbocycles. The van der Waals surface area contributed by atoms with Crippen LogP contribution in [0.3, 0.4) is 0 Å². The summed E-state index contributed by atoms with van der Waals surface area (Å²) in [6.45, 7) is 9.42. The molecule has 1 atom stereocenters. The minimum absolute atomic E-state index is 0.485. The van der Waals surface area contributed by atoms with E-state index in [-0.39, 0.29) is 0 Å². The number of benzene rings is 1. The van der Waals surface area contributed by atoms with Gasteiger partial charge in [0.2, 0.25) is 0 Å². The highest BCUT2D eigenvalue weighted by atomic mass is 32.2. The molecular formula is C17H28N2O2S. The van der Waals surface area contributed by atoms with Crippen molar-refractivity contribution in [3.63, 3.8) is 0 Å².